The second-order valence-electron chi connectivity index (χ2n) is 7.10. The molecule has 3 aromatic rings. The predicted molar refractivity (Wildman–Crippen MR) is 121 cm³/mol. The number of aromatic nitrogens is 3. The number of non-ortho nitro benzene ring substituents is 1. The number of carbonyl (C=O) groups is 2. The first-order chi connectivity index (χ1) is 15.2. The van der Waals surface area contributed by atoms with Crippen molar-refractivity contribution in [1.29, 1.82) is 0 Å². The molecule has 10 nitrogen and oxygen atoms in total. The van der Waals surface area contributed by atoms with Crippen LogP contribution in [0.3, 0.4) is 0 Å². The van der Waals surface area contributed by atoms with Crippen molar-refractivity contribution in [1.82, 2.24) is 20.1 Å². The molecule has 0 radical (unpaired) electrons. The van der Waals surface area contributed by atoms with E-state index in [4.69, 9.17) is 0 Å². The van der Waals surface area contributed by atoms with Crippen molar-refractivity contribution in [2.45, 2.75) is 25.5 Å². The fraction of sp³-hybridized carbons (Fsp3) is 0.238. The lowest BCUT2D eigenvalue weighted by molar-refractivity contribution is -0.384. The molecule has 0 aliphatic rings. The Hall–Kier alpha value is -3.73. The van der Waals surface area contributed by atoms with Gasteiger partial charge >= 0.3 is 0 Å². The number of anilines is 1. The maximum absolute atomic E-state index is 12.3. The minimum absolute atomic E-state index is 0.0455. The second-order valence-corrected chi connectivity index (χ2v) is 8.04. The monoisotopic (exact) mass is 454 g/mol. The van der Waals surface area contributed by atoms with E-state index in [0.29, 0.717) is 22.2 Å². The van der Waals surface area contributed by atoms with Crippen LogP contribution >= 0.6 is 11.8 Å². The van der Waals surface area contributed by atoms with Gasteiger partial charge in [-0.2, -0.15) is 0 Å². The van der Waals surface area contributed by atoms with Crippen LogP contribution in [-0.4, -0.2) is 37.3 Å². The molecule has 1 aromatic heterocycles. The SMILES string of the molecule is Cc1ccc(C(=O)NCc2nnc(SCC(=O)Nc3cc([N+](=O)[O-])ccc3C)n2C)cc1. The smallest absolute Gasteiger partial charge is 0.271 e. The normalized spacial score (nSPS) is 10.6. The molecule has 11 heteroatoms. The Morgan fingerprint density at radius 3 is 2.53 bits per heavy atom. The second kappa shape index (κ2) is 10.1. The van der Waals surface area contributed by atoms with E-state index in [1.54, 1.807) is 36.7 Å². The third-order valence-corrected chi connectivity index (χ3v) is 5.70. The van der Waals surface area contributed by atoms with Crippen LogP contribution in [0.25, 0.3) is 0 Å². The van der Waals surface area contributed by atoms with Gasteiger partial charge in [0.05, 0.1) is 22.9 Å². The third kappa shape index (κ3) is 5.70. The summed E-state index contributed by atoms with van der Waals surface area (Å²) in [4.78, 5) is 35.0. The van der Waals surface area contributed by atoms with Gasteiger partial charge in [-0.25, -0.2) is 0 Å². The molecule has 166 valence electrons. The van der Waals surface area contributed by atoms with Crippen molar-refractivity contribution in [2.75, 3.05) is 11.1 Å². The Kier molecular flexibility index (Phi) is 7.21. The van der Waals surface area contributed by atoms with Crippen molar-refractivity contribution >= 4 is 35.0 Å². The standard InChI is InChI=1S/C21H22N6O4S/c1-13-4-7-15(8-5-13)20(29)22-11-18-24-25-21(26(18)3)32-12-19(28)23-17-10-16(27(30)31)9-6-14(17)2/h4-10H,11-12H2,1-3H3,(H,22,29)(H,23,28). The lowest BCUT2D eigenvalue weighted by atomic mass is 10.1. The summed E-state index contributed by atoms with van der Waals surface area (Å²) in [7, 11) is 1.75. The molecule has 0 fully saturated rings. The number of nitro groups is 1. The molecular formula is C21H22N6O4S. The van der Waals surface area contributed by atoms with Crippen LogP contribution in [0.1, 0.15) is 27.3 Å². The molecule has 32 heavy (non-hydrogen) atoms. The summed E-state index contributed by atoms with van der Waals surface area (Å²) < 4.78 is 1.70. The summed E-state index contributed by atoms with van der Waals surface area (Å²) in [5.41, 5.74) is 2.65. The summed E-state index contributed by atoms with van der Waals surface area (Å²) >= 11 is 1.17. The molecule has 0 unspecified atom stereocenters. The Bertz CT molecular complexity index is 1160. The number of hydrogen-bond donors (Lipinski definition) is 2. The van der Waals surface area contributed by atoms with Gasteiger partial charge in [0.2, 0.25) is 5.91 Å². The Balaban J connectivity index is 1.55. The zero-order chi connectivity index (χ0) is 23.3. The third-order valence-electron chi connectivity index (χ3n) is 4.68. The molecular weight excluding hydrogens is 432 g/mol. The number of nitrogens with one attached hydrogen (secondary N) is 2. The maximum Gasteiger partial charge on any atom is 0.271 e. The predicted octanol–water partition coefficient (Wildman–Crippen LogP) is 3.00. The number of thioether (sulfide) groups is 1. The zero-order valence-corrected chi connectivity index (χ0v) is 18.6. The number of rotatable bonds is 8. The number of nitro benzene ring substituents is 1. The van der Waals surface area contributed by atoms with Crippen LogP contribution < -0.4 is 10.6 Å². The summed E-state index contributed by atoms with van der Waals surface area (Å²) in [5, 5.41) is 25.1. The van der Waals surface area contributed by atoms with Crippen molar-refractivity contribution in [3.05, 3.63) is 75.1 Å². The quantitative estimate of drug-likeness (QED) is 0.304. The number of hydrogen-bond acceptors (Lipinski definition) is 7. The van der Waals surface area contributed by atoms with Gasteiger partial charge in [-0.15, -0.1) is 10.2 Å². The van der Waals surface area contributed by atoms with Crippen LogP contribution in [-0.2, 0) is 18.4 Å². The van der Waals surface area contributed by atoms with Crippen LogP contribution in [0, 0.1) is 24.0 Å². The van der Waals surface area contributed by atoms with Gasteiger partial charge in [0, 0.05) is 24.7 Å². The highest BCUT2D eigenvalue weighted by molar-refractivity contribution is 7.99. The van der Waals surface area contributed by atoms with Crippen molar-refractivity contribution in [2.24, 2.45) is 7.05 Å². The number of amides is 2. The van der Waals surface area contributed by atoms with Crippen LogP contribution in [0.2, 0.25) is 0 Å². The molecule has 1 heterocycles. The highest BCUT2D eigenvalue weighted by atomic mass is 32.2. The Morgan fingerprint density at radius 1 is 1.12 bits per heavy atom. The zero-order valence-electron chi connectivity index (χ0n) is 17.8. The summed E-state index contributed by atoms with van der Waals surface area (Å²) in [6.45, 7) is 3.90. The minimum atomic E-state index is -0.511. The molecule has 2 N–H and O–H groups in total. The largest absolute Gasteiger partial charge is 0.345 e. The van der Waals surface area contributed by atoms with Gasteiger partial charge in [0.1, 0.15) is 0 Å². The van der Waals surface area contributed by atoms with E-state index in [0.717, 1.165) is 11.1 Å². The molecule has 0 saturated heterocycles. The molecule has 0 aliphatic carbocycles. The molecule has 0 saturated carbocycles. The van der Waals surface area contributed by atoms with E-state index in [1.807, 2.05) is 19.1 Å². The van der Waals surface area contributed by atoms with E-state index in [1.165, 1.54) is 23.9 Å². The van der Waals surface area contributed by atoms with Gasteiger partial charge in [0.15, 0.2) is 11.0 Å². The Labute approximate surface area is 188 Å². The fourth-order valence-corrected chi connectivity index (χ4v) is 3.50. The number of aryl methyl sites for hydroxylation is 2. The van der Waals surface area contributed by atoms with E-state index >= 15 is 0 Å². The first-order valence-corrected chi connectivity index (χ1v) is 10.6. The summed E-state index contributed by atoms with van der Waals surface area (Å²) in [5.74, 6) is 0.0525. The van der Waals surface area contributed by atoms with Gasteiger partial charge in [-0.3, -0.25) is 19.7 Å². The highest BCUT2D eigenvalue weighted by Gasteiger charge is 2.15. The summed E-state index contributed by atoms with van der Waals surface area (Å²) in [6.07, 6.45) is 0. The van der Waals surface area contributed by atoms with Crippen LogP contribution in [0.15, 0.2) is 47.6 Å². The van der Waals surface area contributed by atoms with Crippen LogP contribution in [0.4, 0.5) is 11.4 Å². The van der Waals surface area contributed by atoms with Gasteiger partial charge in [0.25, 0.3) is 11.6 Å². The molecule has 0 spiro atoms. The average Bonchev–Trinajstić information content (AvgIpc) is 3.11. The van der Waals surface area contributed by atoms with E-state index < -0.39 is 4.92 Å². The van der Waals surface area contributed by atoms with Gasteiger partial charge in [-0.05, 0) is 31.5 Å². The number of carbonyl (C=O) groups excluding carboxylic acids is 2. The maximum atomic E-state index is 12.3. The van der Waals surface area contributed by atoms with Crippen LogP contribution in [0.5, 0.6) is 0 Å². The number of nitrogens with zero attached hydrogens (tertiary/aromatic N) is 4. The van der Waals surface area contributed by atoms with Gasteiger partial charge in [-0.1, -0.05) is 35.5 Å². The van der Waals surface area contributed by atoms with Crippen molar-refractivity contribution < 1.29 is 14.5 Å². The molecule has 0 atom stereocenters. The highest BCUT2D eigenvalue weighted by Crippen LogP contribution is 2.23. The molecule has 2 aromatic carbocycles. The van der Waals surface area contributed by atoms with Crippen molar-refractivity contribution in [3.63, 3.8) is 0 Å². The molecule has 3 rings (SSSR count). The Morgan fingerprint density at radius 2 is 1.84 bits per heavy atom. The number of benzene rings is 2. The lowest BCUT2D eigenvalue weighted by Gasteiger charge is -2.08. The average molecular weight is 455 g/mol. The van der Waals surface area contributed by atoms with Crippen molar-refractivity contribution in [3.8, 4) is 0 Å². The van der Waals surface area contributed by atoms with E-state index in [9.17, 15) is 19.7 Å². The molecule has 0 bridgehead atoms. The summed E-state index contributed by atoms with van der Waals surface area (Å²) in [6, 6.07) is 11.5. The fourth-order valence-electron chi connectivity index (χ4n) is 2.77. The van der Waals surface area contributed by atoms with E-state index in [-0.39, 0.29) is 29.8 Å². The molecule has 0 aliphatic heterocycles. The topological polar surface area (TPSA) is 132 Å². The molecule has 2 amide bonds. The minimum Gasteiger partial charge on any atom is -0.345 e. The first kappa shape index (κ1) is 22.9. The first-order valence-electron chi connectivity index (χ1n) is 9.65. The van der Waals surface area contributed by atoms with E-state index in [2.05, 4.69) is 20.8 Å². The lowest BCUT2D eigenvalue weighted by Crippen LogP contribution is -2.24. The van der Waals surface area contributed by atoms with Gasteiger partial charge < -0.3 is 15.2 Å².